The molecule has 144 valence electrons. The van der Waals surface area contributed by atoms with Crippen LogP contribution in [0.25, 0.3) is 0 Å². The summed E-state index contributed by atoms with van der Waals surface area (Å²) in [5, 5.41) is 2.66. The number of carbonyl (C=O) groups is 1. The van der Waals surface area contributed by atoms with Crippen molar-refractivity contribution in [3.63, 3.8) is 0 Å². The van der Waals surface area contributed by atoms with Gasteiger partial charge >= 0.3 is 0 Å². The van der Waals surface area contributed by atoms with E-state index in [4.69, 9.17) is 9.47 Å². The summed E-state index contributed by atoms with van der Waals surface area (Å²) in [6.45, 7) is 3.89. The quantitative estimate of drug-likeness (QED) is 0.700. The summed E-state index contributed by atoms with van der Waals surface area (Å²) in [7, 11) is 0.546. The van der Waals surface area contributed by atoms with Crippen LogP contribution >= 0.6 is 0 Å². The average Bonchev–Trinajstić information content (AvgIpc) is 2.70. The van der Waals surface area contributed by atoms with E-state index in [9.17, 15) is 13.2 Å². The lowest BCUT2D eigenvalue weighted by atomic mass is 10.2. The van der Waals surface area contributed by atoms with Gasteiger partial charge in [0.15, 0.2) is 11.5 Å². The van der Waals surface area contributed by atoms with Gasteiger partial charge in [-0.05, 0) is 36.4 Å². The molecule has 2 rings (SSSR count). The van der Waals surface area contributed by atoms with Crippen molar-refractivity contribution < 1.29 is 22.7 Å². The Morgan fingerprint density at radius 1 is 1.11 bits per heavy atom. The molecule has 0 bridgehead atoms. The van der Waals surface area contributed by atoms with Crippen molar-refractivity contribution in [3.8, 4) is 11.5 Å². The van der Waals surface area contributed by atoms with Gasteiger partial charge in [0.1, 0.15) is 0 Å². The maximum Gasteiger partial charge on any atom is 0.264 e. The van der Waals surface area contributed by atoms with Crippen LogP contribution in [0.1, 0.15) is 10.4 Å². The van der Waals surface area contributed by atoms with Crippen molar-refractivity contribution in [1.82, 2.24) is 5.32 Å². The number of amides is 1. The number of nitrogens with one attached hydrogen (secondary N) is 1. The molecule has 0 fully saturated rings. The van der Waals surface area contributed by atoms with Crippen LogP contribution in [0.5, 0.6) is 11.5 Å². The van der Waals surface area contributed by atoms with Crippen LogP contribution in [0.2, 0.25) is 0 Å². The fraction of sp³-hybridized carbons (Fsp3) is 0.211. The van der Waals surface area contributed by atoms with Gasteiger partial charge in [-0.2, -0.15) is 0 Å². The Hall–Kier alpha value is -3.00. The fourth-order valence-corrected chi connectivity index (χ4v) is 3.58. The van der Waals surface area contributed by atoms with Crippen molar-refractivity contribution in [2.24, 2.45) is 0 Å². The zero-order valence-electron chi connectivity index (χ0n) is 15.4. The number of hydrogen-bond donors (Lipinski definition) is 1. The summed E-state index contributed by atoms with van der Waals surface area (Å²) in [6, 6.07) is 10.7. The first kappa shape index (κ1) is 20.3. The molecule has 1 N–H and O–H groups in total. The Balaban J connectivity index is 2.29. The summed E-state index contributed by atoms with van der Waals surface area (Å²) in [4.78, 5) is 12.0. The first-order valence-corrected chi connectivity index (χ1v) is 9.49. The molecule has 0 spiro atoms. The van der Waals surface area contributed by atoms with Crippen LogP contribution in [0.4, 0.5) is 5.69 Å². The van der Waals surface area contributed by atoms with Gasteiger partial charge in [-0.3, -0.25) is 9.10 Å². The molecular weight excluding hydrogens is 368 g/mol. The van der Waals surface area contributed by atoms with Crippen molar-refractivity contribution in [2.45, 2.75) is 4.90 Å². The Labute approximate surface area is 159 Å². The van der Waals surface area contributed by atoms with Gasteiger partial charge in [-0.15, -0.1) is 6.58 Å². The van der Waals surface area contributed by atoms with Gasteiger partial charge in [0.2, 0.25) is 0 Å². The molecule has 2 aromatic rings. The van der Waals surface area contributed by atoms with Crippen LogP contribution in [0, 0.1) is 0 Å². The summed E-state index contributed by atoms with van der Waals surface area (Å²) in [6.07, 6.45) is 1.58. The molecule has 0 aliphatic heterocycles. The van der Waals surface area contributed by atoms with Crippen molar-refractivity contribution in [1.29, 1.82) is 0 Å². The highest BCUT2D eigenvalue weighted by Gasteiger charge is 2.23. The van der Waals surface area contributed by atoms with Gasteiger partial charge in [0.25, 0.3) is 15.9 Å². The number of sulfonamides is 1. The van der Waals surface area contributed by atoms with E-state index in [1.165, 1.54) is 39.5 Å². The van der Waals surface area contributed by atoms with Crippen molar-refractivity contribution in [3.05, 3.63) is 60.7 Å². The number of rotatable bonds is 8. The molecule has 0 saturated carbocycles. The number of anilines is 1. The molecule has 0 unspecified atom stereocenters. The Morgan fingerprint density at radius 3 is 2.30 bits per heavy atom. The summed E-state index contributed by atoms with van der Waals surface area (Å²) >= 11 is 0. The summed E-state index contributed by atoms with van der Waals surface area (Å²) in [5.41, 5.74) is 0.850. The van der Waals surface area contributed by atoms with E-state index in [1.54, 1.807) is 30.3 Å². The van der Waals surface area contributed by atoms with E-state index in [-0.39, 0.29) is 10.8 Å². The van der Waals surface area contributed by atoms with E-state index in [0.29, 0.717) is 29.3 Å². The van der Waals surface area contributed by atoms with Crippen molar-refractivity contribution in [2.75, 3.05) is 32.1 Å². The lowest BCUT2D eigenvalue weighted by Crippen LogP contribution is -2.27. The predicted molar refractivity (Wildman–Crippen MR) is 104 cm³/mol. The van der Waals surface area contributed by atoms with E-state index >= 15 is 0 Å². The Kier molecular flexibility index (Phi) is 6.46. The van der Waals surface area contributed by atoms with Gasteiger partial charge < -0.3 is 14.8 Å². The lowest BCUT2D eigenvalue weighted by Gasteiger charge is -2.20. The van der Waals surface area contributed by atoms with E-state index in [0.717, 1.165) is 4.31 Å². The number of nitrogens with zero attached hydrogens (tertiary/aromatic N) is 1. The lowest BCUT2D eigenvalue weighted by molar-refractivity contribution is 0.0958. The topological polar surface area (TPSA) is 84.9 Å². The van der Waals surface area contributed by atoms with Gasteiger partial charge in [-0.1, -0.05) is 6.08 Å². The van der Waals surface area contributed by atoms with Crippen LogP contribution in [-0.2, 0) is 10.0 Å². The van der Waals surface area contributed by atoms with E-state index in [2.05, 4.69) is 11.9 Å². The third-order valence-corrected chi connectivity index (χ3v) is 5.70. The second-order valence-corrected chi connectivity index (χ2v) is 7.50. The van der Waals surface area contributed by atoms with Crippen LogP contribution in [0.3, 0.4) is 0 Å². The predicted octanol–water partition coefficient (Wildman–Crippen LogP) is 2.44. The Bertz CT molecular complexity index is 924. The van der Waals surface area contributed by atoms with Gasteiger partial charge in [0, 0.05) is 25.2 Å². The molecular formula is C19H22N2O5S. The average molecular weight is 390 g/mol. The molecule has 0 aromatic heterocycles. The molecule has 7 nitrogen and oxygen atoms in total. The fourth-order valence-electron chi connectivity index (χ4n) is 2.36. The molecule has 0 atom stereocenters. The molecule has 0 saturated heterocycles. The molecule has 27 heavy (non-hydrogen) atoms. The van der Waals surface area contributed by atoms with Gasteiger partial charge in [0.05, 0.1) is 24.8 Å². The second kappa shape index (κ2) is 8.59. The number of methoxy groups -OCH3 is 2. The molecule has 8 heteroatoms. The highest BCUT2D eigenvalue weighted by molar-refractivity contribution is 7.92. The first-order valence-electron chi connectivity index (χ1n) is 8.05. The summed E-state index contributed by atoms with van der Waals surface area (Å²) < 4.78 is 37.2. The monoisotopic (exact) mass is 390 g/mol. The zero-order chi connectivity index (χ0) is 20.0. The number of ether oxygens (including phenoxy) is 2. The standard InChI is InChI=1S/C19H22N2O5S/c1-5-12-20-19(22)14-6-8-15(9-7-14)21(2)27(23,24)16-10-11-17(25-3)18(13-16)26-4/h5-11,13H,1,12H2,2-4H3,(H,20,22). The molecule has 0 radical (unpaired) electrons. The minimum Gasteiger partial charge on any atom is -0.493 e. The zero-order valence-corrected chi connectivity index (χ0v) is 16.2. The highest BCUT2D eigenvalue weighted by atomic mass is 32.2. The smallest absolute Gasteiger partial charge is 0.264 e. The number of carbonyl (C=O) groups excluding carboxylic acids is 1. The summed E-state index contributed by atoms with van der Waals surface area (Å²) in [5.74, 6) is 0.502. The number of hydrogen-bond acceptors (Lipinski definition) is 5. The maximum atomic E-state index is 12.9. The normalized spacial score (nSPS) is 10.8. The van der Waals surface area contributed by atoms with E-state index < -0.39 is 10.0 Å². The van der Waals surface area contributed by atoms with Crippen molar-refractivity contribution >= 4 is 21.6 Å². The van der Waals surface area contributed by atoms with Crippen LogP contribution in [0.15, 0.2) is 60.0 Å². The SMILES string of the molecule is C=CCNC(=O)c1ccc(N(C)S(=O)(=O)c2ccc(OC)c(OC)c2)cc1. The number of benzene rings is 2. The Morgan fingerprint density at radius 2 is 1.74 bits per heavy atom. The van der Waals surface area contributed by atoms with Crippen LogP contribution in [-0.4, -0.2) is 42.1 Å². The van der Waals surface area contributed by atoms with Gasteiger partial charge in [-0.25, -0.2) is 8.42 Å². The molecule has 2 aromatic carbocycles. The largest absolute Gasteiger partial charge is 0.493 e. The minimum atomic E-state index is -3.81. The molecule has 1 amide bonds. The molecule has 0 aliphatic rings. The minimum absolute atomic E-state index is 0.0652. The first-order chi connectivity index (χ1) is 12.8. The third kappa shape index (κ3) is 4.40. The highest BCUT2D eigenvalue weighted by Crippen LogP contribution is 2.31. The van der Waals surface area contributed by atoms with E-state index in [1.807, 2.05) is 0 Å². The second-order valence-electron chi connectivity index (χ2n) is 5.53. The molecule has 0 aliphatic carbocycles. The third-order valence-electron chi connectivity index (χ3n) is 3.91. The maximum absolute atomic E-state index is 12.9. The van der Waals surface area contributed by atoms with Crippen LogP contribution < -0.4 is 19.1 Å². The molecule has 0 heterocycles.